The van der Waals surface area contributed by atoms with Gasteiger partial charge >= 0.3 is 0 Å². The first-order chi connectivity index (χ1) is 18.4. The lowest BCUT2D eigenvalue weighted by atomic mass is 9.61. The van der Waals surface area contributed by atoms with Gasteiger partial charge in [-0.3, -0.25) is 0 Å². The van der Waals surface area contributed by atoms with Gasteiger partial charge in [0.05, 0.1) is 14.2 Å². The number of rotatable bonds is 7. The molecule has 0 spiro atoms. The highest BCUT2D eigenvalue weighted by molar-refractivity contribution is 6.72. The smallest absolute Gasteiger partial charge is 0.0819 e. The van der Waals surface area contributed by atoms with Crippen LogP contribution in [0.15, 0.2) is 131 Å². The van der Waals surface area contributed by atoms with Crippen LogP contribution in [0.1, 0.15) is 44.4 Å². The van der Waals surface area contributed by atoms with Crippen LogP contribution in [-0.4, -0.2) is 8.80 Å². The fourth-order valence-corrected chi connectivity index (χ4v) is 7.49. The number of hydrogen-bond acceptors (Lipinski definition) is 1. The Kier molecular flexibility index (Phi) is 7.27. The quantitative estimate of drug-likeness (QED) is 0.192. The molecule has 0 saturated heterocycles. The van der Waals surface area contributed by atoms with Crippen LogP contribution in [0, 0.1) is 5.92 Å². The van der Waals surface area contributed by atoms with E-state index in [0.29, 0.717) is 5.92 Å². The maximum absolute atomic E-state index is 3.93. The zero-order valence-corrected chi connectivity index (χ0v) is 24.5. The van der Waals surface area contributed by atoms with Crippen LogP contribution in [0.2, 0.25) is 13.1 Å². The zero-order valence-electron chi connectivity index (χ0n) is 23.5. The maximum Gasteiger partial charge on any atom is 0.0819 e. The molecular formula is C36H38NSi. The highest BCUT2D eigenvalue weighted by atomic mass is 28.3. The van der Waals surface area contributed by atoms with Crippen LogP contribution < -0.4 is 10.5 Å². The molecular weight excluding hydrogens is 474 g/mol. The minimum absolute atomic E-state index is 0.330. The Bertz CT molecular complexity index is 1440. The van der Waals surface area contributed by atoms with Crippen molar-refractivity contribution in [3.8, 4) is 0 Å². The summed E-state index contributed by atoms with van der Waals surface area (Å²) < 4.78 is 0. The first-order valence-corrected chi connectivity index (χ1v) is 16.1. The van der Waals surface area contributed by atoms with Gasteiger partial charge in [0.15, 0.2) is 0 Å². The topological polar surface area (TPSA) is 12.0 Å². The maximum atomic E-state index is 3.93. The van der Waals surface area contributed by atoms with Crippen molar-refractivity contribution in [3.63, 3.8) is 0 Å². The van der Waals surface area contributed by atoms with Crippen LogP contribution >= 0.6 is 0 Å². The minimum Gasteiger partial charge on any atom is -0.355 e. The van der Waals surface area contributed by atoms with Crippen molar-refractivity contribution in [2.45, 2.75) is 46.2 Å². The second-order valence-corrected chi connectivity index (χ2v) is 13.3. The van der Waals surface area contributed by atoms with Crippen molar-refractivity contribution in [1.82, 2.24) is 0 Å². The van der Waals surface area contributed by atoms with E-state index in [2.05, 4.69) is 155 Å². The fourth-order valence-electron chi connectivity index (χ4n) is 6.36. The van der Waals surface area contributed by atoms with E-state index in [1.807, 2.05) is 0 Å². The lowest BCUT2D eigenvalue weighted by Gasteiger charge is -2.42. The van der Waals surface area contributed by atoms with E-state index in [1.54, 1.807) is 0 Å². The normalized spacial score (nSPS) is 15.9. The molecule has 1 aliphatic rings. The Morgan fingerprint density at radius 2 is 1.16 bits per heavy atom. The summed E-state index contributed by atoms with van der Waals surface area (Å²) >= 11 is 0. The zero-order chi connectivity index (χ0) is 26.9. The van der Waals surface area contributed by atoms with Gasteiger partial charge in [0.2, 0.25) is 0 Å². The molecule has 1 atom stereocenters. The molecule has 4 aromatic carbocycles. The van der Waals surface area contributed by atoms with Gasteiger partial charge in [-0.25, -0.2) is 0 Å². The summed E-state index contributed by atoms with van der Waals surface area (Å²) in [6, 6.07) is 40.0. The molecule has 1 nitrogen and oxygen atoms in total. The highest BCUT2D eigenvalue weighted by Gasteiger charge is 2.47. The van der Waals surface area contributed by atoms with Gasteiger partial charge in [0, 0.05) is 17.3 Å². The van der Waals surface area contributed by atoms with Gasteiger partial charge in [-0.05, 0) is 71.5 Å². The summed E-state index contributed by atoms with van der Waals surface area (Å²) in [6.45, 7) is 14.1. The summed E-state index contributed by atoms with van der Waals surface area (Å²) in [5, 5.41) is 5.36. The Labute approximate surface area is 230 Å². The third-order valence-electron chi connectivity index (χ3n) is 8.51. The molecule has 4 aromatic rings. The molecule has 0 aromatic heterocycles. The van der Waals surface area contributed by atoms with Gasteiger partial charge in [0.1, 0.15) is 0 Å². The molecule has 1 aliphatic carbocycles. The molecule has 5 rings (SSSR count). The Hall–Kier alpha value is -3.62. The molecule has 0 saturated carbocycles. The second kappa shape index (κ2) is 10.6. The van der Waals surface area contributed by atoms with E-state index < -0.39 is 14.2 Å². The number of para-hydroxylation sites is 2. The van der Waals surface area contributed by atoms with Gasteiger partial charge < -0.3 is 5.32 Å². The van der Waals surface area contributed by atoms with E-state index in [4.69, 9.17) is 0 Å². The molecule has 0 fully saturated rings. The van der Waals surface area contributed by atoms with Gasteiger partial charge in [0.25, 0.3) is 0 Å². The van der Waals surface area contributed by atoms with E-state index in [9.17, 15) is 0 Å². The van der Waals surface area contributed by atoms with Crippen molar-refractivity contribution in [3.05, 3.63) is 148 Å². The molecule has 1 radical (unpaired) electrons. The standard InChI is InChI=1S/C36H38NSi/c1-25-26(2)28(4)34(27(25)3)36(29-17-10-7-11-18-29,30-19-12-8-13-20-30)32-23-16-24-33(38(5)6)35(32)37-31-21-14-9-15-22-31/h7-24,27,37H,1-6H3. The SMILES string of the molecule is CC1=C(C)C(C)C(C(c2ccccc2)(c2ccccc2)c2cccc([Si](C)C)c2Nc2ccccc2)=C1C. The lowest BCUT2D eigenvalue weighted by Crippen LogP contribution is -2.38. The summed E-state index contributed by atoms with van der Waals surface area (Å²) in [6.07, 6.45) is 0. The third kappa shape index (κ3) is 4.27. The van der Waals surface area contributed by atoms with Crippen LogP contribution in [0.3, 0.4) is 0 Å². The number of benzene rings is 4. The van der Waals surface area contributed by atoms with Crippen molar-refractivity contribution in [2.24, 2.45) is 5.92 Å². The van der Waals surface area contributed by atoms with E-state index in [-0.39, 0.29) is 0 Å². The average Bonchev–Trinajstić information content (AvgIpc) is 3.14. The number of allylic oxidation sites excluding steroid dienone is 4. The van der Waals surface area contributed by atoms with E-state index >= 15 is 0 Å². The van der Waals surface area contributed by atoms with E-state index in [0.717, 1.165) is 5.69 Å². The average molecular weight is 513 g/mol. The van der Waals surface area contributed by atoms with Crippen molar-refractivity contribution < 1.29 is 0 Å². The largest absolute Gasteiger partial charge is 0.355 e. The van der Waals surface area contributed by atoms with Crippen molar-refractivity contribution in [2.75, 3.05) is 5.32 Å². The van der Waals surface area contributed by atoms with Gasteiger partial charge in [-0.1, -0.05) is 123 Å². The van der Waals surface area contributed by atoms with Crippen LogP contribution in [0.4, 0.5) is 11.4 Å². The predicted molar refractivity (Wildman–Crippen MR) is 166 cm³/mol. The molecule has 0 aliphatic heterocycles. The number of hydrogen-bond donors (Lipinski definition) is 1. The monoisotopic (exact) mass is 512 g/mol. The molecule has 2 heteroatoms. The molecule has 1 unspecified atom stereocenters. The van der Waals surface area contributed by atoms with Gasteiger partial charge in [-0.15, -0.1) is 0 Å². The number of anilines is 2. The number of nitrogens with one attached hydrogen (secondary N) is 1. The van der Waals surface area contributed by atoms with Crippen LogP contribution in [0.25, 0.3) is 0 Å². The summed E-state index contributed by atoms with van der Waals surface area (Å²) in [4.78, 5) is 0. The summed E-state index contributed by atoms with van der Waals surface area (Å²) in [5.74, 6) is 0.330. The summed E-state index contributed by atoms with van der Waals surface area (Å²) in [7, 11) is -0.765. The van der Waals surface area contributed by atoms with E-state index in [1.165, 1.54) is 49.9 Å². The second-order valence-electron chi connectivity index (χ2n) is 10.8. The molecule has 38 heavy (non-hydrogen) atoms. The first kappa shape index (κ1) is 26.0. The van der Waals surface area contributed by atoms with Crippen molar-refractivity contribution >= 4 is 25.4 Å². The highest BCUT2D eigenvalue weighted by Crippen LogP contribution is 2.55. The van der Waals surface area contributed by atoms with Gasteiger partial charge in [-0.2, -0.15) is 0 Å². The fraction of sp³-hybridized carbons (Fsp3) is 0.222. The minimum atomic E-state index is -0.765. The molecule has 1 N–H and O–H groups in total. The molecule has 191 valence electrons. The Morgan fingerprint density at radius 3 is 1.63 bits per heavy atom. The third-order valence-corrected chi connectivity index (χ3v) is 10.0. The molecule has 0 bridgehead atoms. The van der Waals surface area contributed by atoms with Crippen LogP contribution in [0.5, 0.6) is 0 Å². The first-order valence-electron chi connectivity index (χ1n) is 13.6. The Balaban J connectivity index is 1.95. The Morgan fingerprint density at radius 1 is 0.632 bits per heavy atom. The van der Waals surface area contributed by atoms with Crippen LogP contribution in [-0.2, 0) is 5.41 Å². The predicted octanol–water partition coefficient (Wildman–Crippen LogP) is 9.03. The molecule has 0 amide bonds. The van der Waals surface area contributed by atoms with Crippen molar-refractivity contribution in [1.29, 1.82) is 0 Å². The lowest BCUT2D eigenvalue weighted by molar-refractivity contribution is 0.628. The summed E-state index contributed by atoms with van der Waals surface area (Å²) in [5.41, 5.74) is 11.7. The molecule has 0 heterocycles.